The lowest BCUT2D eigenvalue weighted by Crippen LogP contribution is -2.59. The van der Waals surface area contributed by atoms with Gasteiger partial charge < -0.3 is 15.0 Å². The van der Waals surface area contributed by atoms with Crippen molar-refractivity contribution in [2.45, 2.75) is 65.3 Å². The number of nitrogens with one attached hydrogen (secondary N) is 1. The molecule has 0 aliphatic carbocycles. The van der Waals surface area contributed by atoms with E-state index in [-0.39, 0.29) is 29.7 Å². The van der Waals surface area contributed by atoms with Crippen LogP contribution in [0.25, 0.3) is 0 Å². The van der Waals surface area contributed by atoms with E-state index in [1.54, 1.807) is 17.0 Å². The SMILES string of the molecule is Cc1ccc(C(=O)N2C(C(=O)NCc3ccccc3)COC23CCN(C(=O)CC(C)(C)C)CC3)cc1. The van der Waals surface area contributed by atoms with E-state index in [9.17, 15) is 14.4 Å². The fourth-order valence-electron chi connectivity index (χ4n) is 4.98. The zero-order valence-electron chi connectivity index (χ0n) is 21.8. The van der Waals surface area contributed by atoms with Crippen molar-refractivity contribution in [3.63, 3.8) is 0 Å². The number of nitrogens with zero attached hydrogens (tertiary/aromatic N) is 2. The van der Waals surface area contributed by atoms with E-state index in [1.807, 2.05) is 54.3 Å². The maximum atomic E-state index is 13.8. The number of hydrogen-bond donors (Lipinski definition) is 1. The summed E-state index contributed by atoms with van der Waals surface area (Å²) in [5.74, 6) is -0.340. The molecule has 4 rings (SSSR count). The summed E-state index contributed by atoms with van der Waals surface area (Å²) in [5, 5.41) is 2.98. The van der Waals surface area contributed by atoms with Crippen molar-refractivity contribution < 1.29 is 19.1 Å². The summed E-state index contributed by atoms with van der Waals surface area (Å²) in [6.07, 6.45) is 1.42. The van der Waals surface area contributed by atoms with Gasteiger partial charge in [0.2, 0.25) is 11.8 Å². The third kappa shape index (κ3) is 5.78. The summed E-state index contributed by atoms with van der Waals surface area (Å²) in [6.45, 7) is 9.62. The van der Waals surface area contributed by atoms with Crippen molar-refractivity contribution >= 4 is 17.7 Å². The largest absolute Gasteiger partial charge is 0.353 e. The lowest BCUT2D eigenvalue weighted by Gasteiger charge is -2.44. The van der Waals surface area contributed by atoms with Gasteiger partial charge in [-0.25, -0.2) is 0 Å². The van der Waals surface area contributed by atoms with Crippen molar-refractivity contribution in [3.05, 3.63) is 71.3 Å². The van der Waals surface area contributed by atoms with Crippen LogP contribution in [0.15, 0.2) is 54.6 Å². The van der Waals surface area contributed by atoms with Crippen LogP contribution in [0.5, 0.6) is 0 Å². The molecule has 7 nitrogen and oxygen atoms in total. The number of piperidine rings is 1. The minimum Gasteiger partial charge on any atom is -0.353 e. The van der Waals surface area contributed by atoms with E-state index in [0.717, 1.165) is 11.1 Å². The summed E-state index contributed by atoms with van der Waals surface area (Å²) in [6, 6.07) is 16.3. The molecule has 7 heteroatoms. The number of benzene rings is 2. The Hall–Kier alpha value is -3.19. The Labute approximate surface area is 213 Å². The van der Waals surface area contributed by atoms with Crippen molar-refractivity contribution in [2.75, 3.05) is 19.7 Å². The molecule has 0 radical (unpaired) electrons. The number of hydrogen-bond acceptors (Lipinski definition) is 4. The highest BCUT2D eigenvalue weighted by atomic mass is 16.5. The number of likely N-dealkylation sites (tertiary alicyclic amines) is 1. The second-order valence-corrected chi connectivity index (χ2v) is 11.1. The van der Waals surface area contributed by atoms with Crippen LogP contribution in [0.3, 0.4) is 0 Å². The third-order valence-electron chi connectivity index (χ3n) is 6.97. The van der Waals surface area contributed by atoms with Crippen LogP contribution in [-0.4, -0.2) is 59.0 Å². The molecular weight excluding hydrogens is 454 g/mol. The molecule has 3 amide bonds. The minimum absolute atomic E-state index is 0.0918. The van der Waals surface area contributed by atoms with E-state index in [0.29, 0.717) is 44.5 Å². The maximum Gasteiger partial charge on any atom is 0.256 e. The van der Waals surface area contributed by atoms with Crippen LogP contribution in [0.2, 0.25) is 0 Å². The number of rotatable bonds is 5. The van der Waals surface area contributed by atoms with Crippen LogP contribution in [0, 0.1) is 12.3 Å². The first-order valence-corrected chi connectivity index (χ1v) is 12.7. The van der Waals surface area contributed by atoms with Crippen LogP contribution >= 0.6 is 0 Å². The Morgan fingerprint density at radius 3 is 2.25 bits per heavy atom. The van der Waals surface area contributed by atoms with E-state index in [1.165, 1.54) is 0 Å². The van der Waals surface area contributed by atoms with Gasteiger partial charge in [0.1, 0.15) is 11.8 Å². The molecule has 36 heavy (non-hydrogen) atoms. The Balaban J connectivity index is 1.54. The molecule has 0 aromatic heterocycles. The molecule has 2 aromatic rings. The molecular formula is C29H37N3O4. The monoisotopic (exact) mass is 491 g/mol. The van der Waals surface area contributed by atoms with Gasteiger partial charge in [-0.05, 0) is 30.0 Å². The Morgan fingerprint density at radius 1 is 1.00 bits per heavy atom. The summed E-state index contributed by atoms with van der Waals surface area (Å²) >= 11 is 0. The van der Waals surface area contributed by atoms with Gasteiger partial charge in [-0.15, -0.1) is 0 Å². The van der Waals surface area contributed by atoms with Gasteiger partial charge in [-0.1, -0.05) is 68.8 Å². The molecule has 192 valence electrons. The van der Waals surface area contributed by atoms with E-state index in [4.69, 9.17) is 4.74 Å². The second kappa shape index (κ2) is 10.4. The molecule has 2 fully saturated rings. The number of carbonyl (C=O) groups excluding carboxylic acids is 3. The number of carbonyl (C=O) groups is 3. The molecule has 1 unspecified atom stereocenters. The lowest BCUT2D eigenvalue weighted by atomic mass is 9.90. The van der Waals surface area contributed by atoms with Gasteiger partial charge in [0.05, 0.1) is 6.61 Å². The van der Waals surface area contributed by atoms with Crippen LogP contribution < -0.4 is 5.32 Å². The van der Waals surface area contributed by atoms with Gasteiger partial charge in [-0.3, -0.25) is 19.3 Å². The third-order valence-corrected chi connectivity index (χ3v) is 6.97. The van der Waals surface area contributed by atoms with Crippen molar-refractivity contribution in [1.29, 1.82) is 0 Å². The molecule has 2 aromatic carbocycles. The standard InChI is InChI=1S/C29H37N3O4/c1-21-10-12-23(13-11-21)27(35)32-24(26(34)30-19-22-8-6-5-7-9-22)20-36-29(32)14-16-31(17-15-29)25(33)18-28(2,3)4/h5-13,24H,14-20H2,1-4H3,(H,30,34). The van der Waals surface area contributed by atoms with E-state index < -0.39 is 11.8 Å². The highest BCUT2D eigenvalue weighted by molar-refractivity contribution is 5.98. The first kappa shape index (κ1) is 25.9. The van der Waals surface area contributed by atoms with E-state index in [2.05, 4.69) is 26.1 Å². The molecule has 2 aliphatic heterocycles. The average molecular weight is 492 g/mol. The topological polar surface area (TPSA) is 79.0 Å². The second-order valence-electron chi connectivity index (χ2n) is 11.1. The normalized spacial score (nSPS) is 19.4. The average Bonchev–Trinajstić information content (AvgIpc) is 3.21. The summed E-state index contributed by atoms with van der Waals surface area (Å²) < 4.78 is 6.28. The smallest absolute Gasteiger partial charge is 0.256 e. The molecule has 0 saturated carbocycles. The molecule has 2 saturated heterocycles. The van der Waals surface area contributed by atoms with Crippen LogP contribution in [0.1, 0.15) is 61.5 Å². The highest BCUT2D eigenvalue weighted by Crippen LogP contribution is 2.39. The molecule has 1 spiro atoms. The summed E-state index contributed by atoms with van der Waals surface area (Å²) in [4.78, 5) is 43.5. The van der Waals surface area contributed by atoms with Crippen LogP contribution in [-0.2, 0) is 20.9 Å². The number of aryl methyl sites for hydroxylation is 1. The van der Waals surface area contributed by atoms with Gasteiger partial charge >= 0.3 is 0 Å². The first-order valence-electron chi connectivity index (χ1n) is 12.7. The molecule has 2 heterocycles. The zero-order chi connectivity index (χ0) is 25.9. The fraction of sp³-hybridized carbons (Fsp3) is 0.483. The molecule has 1 N–H and O–H groups in total. The Bertz CT molecular complexity index is 1080. The van der Waals surface area contributed by atoms with E-state index >= 15 is 0 Å². The molecule has 2 aliphatic rings. The van der Waals surface area contributed by atoms with Gasteiger partial charge in [-0.2, -0.15) is 0 Å². The Kier molecular flexibility index (Phi) is 7.50. The zero-order valence-corrected chi connectivity index (χ0v) is 21.8. The number of amides is 3. The van der Waals surface area contributed by atoms with Gasteiger partial charge in [0.15, 0.2) is 0 Å². The fourth-order valence-corrected chi connectivity index (χ4v) is 4.98. The predicted molar refractivity (Wildman–Crippen MR) is 138 cm³/mol. The molecule has 1 atom stereocenters. The first-order chi connectivity index (χ1) is 17.1. The van der Waals surface area contributed by atoms with Gasteiger partial charge in [0.25, 0.3) is 5.91 Å². The predicted octanol–water partition coefficient (Wildman–Crippen LogP) is 3.91. The van der Waals surface area contributed by atoms with Crippen molar-refractivity contribution in [3.8, 4) is 0 Å². The summed E-state index contributed by atoms with van der Waals surface area (Å²) in [5.41, 5.74) is 1.57. The quantitative estimate of drug-likeness (QED) is 0.688. The minimum atomic E-state index is -0.908. The van der Waals surface area contributed by atoms with Crippen molar-refractivity contribution in [1.82, 2.24) is 15.1 Å². The van der Waals surface area contributed by atoms with Gasteiger partial charge in [0, 0.05) is 44.5 Å². The molecule has 0 bridgehead atoms. The summed E-state index contributed by atoms with van der Waals surface area (Å²) in [7, 11) is 0. The van der Waals surface area contributed by atoms with Crippen LogP contribution in [0.4, 0.5) is 0 Å². The highest BCUT2D eigenvalue weighted by Gasteiger charge is 2.54. The lowest BCUT2D eigenvalue weighted by molar-refractivity contribution is -0.145. The number of ether oxygens (including phenoxy) is 1. The van der Waals surface area contributed by atoms with Crippen molar-refractivity contribution in [2.24, 2.45) is 5.41 Å². The maximum absolute atomic E-state index is 13.8. The Morgan fingerprint density at radius 2 is 1.64 bits per heavy atom.